The lowest BCUT2D eigenvalue weighted by Gasteiger charge is -2.45. The van der Waals surface area contributed by atoms with Crippen LogP contribution in [0.5, 0.6) is 0 Å². The van der Waals surface area contributed by atoms with Gasteiger partial charge >= 0.3 is 0 Å². The van der Waals surface area contributed by atoms with Crippen LogP contribution in [0.15, 0.2) is 11.4 Å². The summed E-state index contributed by atoms with van der Waals surface area (Å²) in [6.45, 7) is 2.82. The van der Waals surface area contributed by atoms with Crippen molar-refractivity contribution < 1.29 is 9.47 Å². The van der Waals surface area contributed by atoms with E-state index in [-0.39, 0.29) is 12.2 Å². The Balaban J connectivity index is 1.61. The molecule has 1 heterocycles. The molecule has 4 atom stereocenters. The van der Waals surface area contributed by atoms with Crippen LogP contribution in [0.4, 0.5) is 0 Å². The van der Waals surface area contributed by atoms with Gasteiger partial charge in [0.25, 0.3) is 0 Å². The molecule has 19 heavy (non-hydrogen) atoms. The molecule has 4 heteroatoms. The van der Waals surface area contributed by atoms with E-state index in [0.29, 0.717) is 12.1 Å². The minimum absolute atomic E-state index is 0.212. The van der Waals surface area contributed by atoms with Crippen molar-refractivity contribution in [2.45, 2.75) is 56.9 Å². The fraction of sp³-hybridized carbons (Fsp3) is 0.733. The first-order valence-corrected chi connectivity index (χ1v) is 8.18. The Kier molecular flexibility index (Phi) is 4.22. The SMILES string of the molecule is CCOC1CC(NC2CCCc3sccc32)C1OC. The highest BCUT2D eigenvalue weighted by atomic mass is 32.1. The molecule has 0 amide bonds. The van der Waals surface area contributed by atoms with Crippen LogP contribution in [-0.2, 0) is 15.9 Å². The van der Waals surface area contributed by atoms with Gasteiger partial charge in [-0.05, 0) is 49.6 Å². The molecule has 1 fully saturated rings. The van der Waals surface area contributed by atoms with E-state index in [2.05, 4.69) is 16.8 Å². The van der Waals surface area contributed by atoms with E-state index < -0.39 is 0 Å². The molecule has 2 aliphatic rings. The van der Waals surface area contributed by atoms with Gasteiger partial charge in [0.15, 0.2) is 0 Å². The smallest absolute Gasteiger partial charge is 0.0987 e. The molecule has 1 aromatic heterocycles. The number of fused-ring (bicyclic) bond motifs is 1. The summed E-state index contributed by atoms with van der Waals surface area (Å²) in [4.78, 5) is 1.57. The van der Waals surface area contributed by atoms with Gasteiger partial charge in [0.2, 0.25) is 0 Å². The highest BCUT2D eigenvalue weighted by molar-refractivity contribution is 7.10. The molecule has 3 rings (SSSR count). The lowest BCUT2D eigenvalue weighted by atomic mass is 9.83. The fourth-order valence-electron chi connectivity index (χ4n) is 3.36. The lowest BCUT2D eigenvalue weighted by Crippen LogP contribution is -2.60. The predicted octanol–water partition coefficient (Wildman–Crippen LogP) is 2.91. The average molecular weight is 281 g/mol. The molecule has 3 nitrogen and oxygen atoms in total. The Morgan fingerprint density at radius 3 is 3.16 bits per heavy atom. The van der Waals surface area contributed by atoms with Gasteiger partial charge in [-0.25, -0.2) is 0 Å². The second kappa shape index (κ2) is 5.92. The predicted molar refractivity (Wildman–Crippen MR) is 77.7 cm³/mol. The minimum Gasteiger partial charge on any atom is -0.377 e. The Labute approximate surface area is 119 Å². The van der Waals surface area contributed by atoms with Crippen molar-refractivity contribution in [1.29, 1.82) is 0 Å². The summed E-state index contributed by atoms with van der Waals surface area (Å²) >= 11 is 1.90. The van der Waals surface area contributed by atoms with Crippen LogP contribution < -0.4 is 5.32 Å². The third-order valence-electron chi connectivity index (χ3n) is 4.37. The highest BCUT2D eigenvalue weighted by Gasteiger charge is 2.43. The van der Waals surface area contributed by atoms with Gasteiger partial charge in [0, 0.05) is 30.7 Å². The lowest BCUT2D eigenvalue weighted by molar-refractivity contribution is -0.133. The highest BCUT2D eigenvalue weighted by Crippen LogP contribution is 2.36. The molecule has 1 saturated carbocycles. The van der Waals surface area contributed by atoms with Gasteiger partial charge in [-0.2, -0.15) is 0 Å². The number of nitrogens with one attached hydrogen (secondary N) is 1. The first-order chi connectivity index (χ1) is 9.33. The van der Waals surface area contributed by atoms with Crippen molar-refractivity contribution in [3.05, 3.63) is 21.9 Å². The third kappa shape index (κ3) is 2.59. The molecular weight excluding hydrogens is 258 g/mol. The molecule has 1 N–H and O–H groups in total. The van der Waals surface area contributed by atoms with Gasteiger partial charge < -0.3 is 14.8 Å². The van der Waals surface area contributed by atoms with Gasteiger partial charge in [-0.1, -0.05) is 0 Å². The first-order valence-electron chi connectivity index (χ1n) is 7.30. The number of thiophene rings is 1. The number of ether oxygens (including phenoxy) is 2. The van der Waals surface area contributed by atoms with E-state index in [9.17, 15) is 0 Å². The van der Waals surface area contributed by atoms with E-state index in [1.165, 1.54) is 24.8 Å². The zero-order chi connectivity index (χ0) is 13.2. The second-order valence-corrected chi connectivity index (χ2v) is 6.45. The van der Waals surface area contributed by atoms with Crippen molar-refractivity contribution in [2.75, 3.05) is 13.7 Å². The normalized spacial score (nSPS) is 33.8. The number of hydrogen-bond acceptors (Lipinski definition) is 4. The second-order valence-electron chi connectivity index (χ2n) is 5.45. The van der Waals surface area contributed by atoms with Crippen molar-refractivity contribution in [2.24, 2.45) is 0 Å². The van der Waals surface area contributed by atoms with E-state index >= 15 is 0 Å². The van der Waals surface area contributed by atoms with Crippen LogP contribution in [0.25, 0.3) is 0 Å². The van der Waals surface area contributed by atoms with E-state index in [4.69, 9.17) is 9.47 Å². The number of rotatable bonds is 5. The Hall–Kier alpha value is -0.420. The Morgan fingerprint density at radius 2 is 2.37 bits per heavy atom. The minimum atomic E-state index is 0.212. The number of methoxy groups -OCH3 is 1. The summed E-state index contributed by atoms with van der Waals surface area (Å²) in [6, 6.07) is 3.25. The van der Waals surface area contributed by atoms with E-state index in [1.807, 2.05) is 18.3 Å². The summed E-state index contributed by atoms with van der Waals surface area (Å²) in [7, 11) is 1.79. The van der Waals surface area contributed by atoms with Crippen LogP contribution >= 0.6 is 11.3 Å². The maximum Gasteiger partial charge on any atom is 0.0987 e. The zero-order valence-electron chi connectivity index (χ0n) is 11.7. The molecule has 2 aliphatic carbocycles. The summed E-state index contributed by atoms with van der Waals surface area (Å²) in [5.74, 6) is 0. The molecule has 1 aromatic rings. The number of hydrogen-bond donors (Lipinski definition) is 1. The van der Waals surface area contributed by atoms with Gasteiger partial charge in [0.1, 0.15) is 0 Å². The van der Waals surface area contributed by atoms with E-state index in [1.54, 1.807) is 12.0 Å². The summed E-state index contributed by atoms with van der Waals surface area (Å²) in [5.41, 5.74) is 1.52. The van der Waals surface area contributed by atoms with Crippen LogP contribution in [0, 0.1) is 0 Å². The monoisotopic (exact) mass is 281 g/mol. The first kappa shape index (κ1) is 13.6. The van der Waals surface area contributed by atoms with Crippen molar-refractivity contribution in [3.8, 4) is 0 Å². The Morgan fingerprint density at radius 1 is 1.47 bits per heavy atom. The maximum atomic E-state index is 5.69. The quantitative estimate of drug-likeness (QED) is 0.900. The molecule has 0 spiro atoms. The molecule has 0 aromatic carbocycles. The summed E-state index contributed by atoms with van der Waals surface area (Å²) in [6.07, 6.45) is 5.36. The largest absolute Gasteiger partial charge is 0.377 e. The summed E-state index contributed by atoms with van der Waals surface area (Å²) < 4.78 is 11.3. The van der Waals surface area contributed by atoms with E-state index in [0.717, 1.165) is 13.0 Å². The topological polar surface area (TPSA) is 30.5 Å². The van der Waals surface area contributed by atoms with Crippen molar-refractivity contribution in [3.63, 3.8) is 0 Å². The molecular formula is C15H23NO2S. The molecule has 0 bridgehead atoms. The third-order valence-corrected chi connectivity index (χ3v) is 5.37. The zero-order valence-corrected chi connectivity index (χ0v) is 12.5. The molecule has 4 unspecified atom stereocenters. The van der Waals surface area contributed by atoms with Crippen molar-refractivity contribution >= 4 is 11.3 Å². The van der Waals surface area contributed by atoms with Crippen LogP contribution in [-0.4, -0.2) is 32.0 Å². The molecule has 0 radical (unpaired) electrons. The van der Waals surface area contributed by atoms with Gasteiger partial charge in [-0.3, -0.25) is 0 Å². The van der Waals surface area contributed by atoms with Crippen molar-refractivity contribution in [1.82, 2.24) is 5.32 Å². The molecule has 106 valence electrons. The van der Waals surface area contributed by atoms with Gasteiger partial charge in [0.05, 0.1) is 12.2 Å². The van der Waals surface area contributed by atoms with Crippen LogP contribution in [0.3, 0.4) is 0 Å². The summed E-state index contributed by atoms with van der Waals surface area (Å²) in [5, 5.41) is 6.01. The molecule has 0 aliphatic heterocycles. The Bertz CT molecular complexity index is 420. The van der Waals surface area contributed by atoms with Crippen LogP contribution in [0.1, 0.15) is 42.7 Å². The standard InChI is InChI=1S/C15H23NO2S/c1-3-18-13-9-12(15(13)17-2)16-11-5-4-6-14-10(11)7-8-19-14/h7-8,11-13,15-16H,3-6,9H2,1-2H3. The average Bonchev–Trinajstić information content (AvgIpc) is 2.87. The fourth-order valence-corrected chi connectivity index (χ4v) is 4.34. The molecule has 0 saturated heterocycles. The van der Waals surface area contributed by atoms with Crippen LogP contribution in [0.2, 0.25) is 0 Å². The maximum absolute atomic E-state index is 5.69. The van der Waals surface area contributed by atoms with Gasteiger partial charge in [-0.15, -0.1) is 11.3 Å². The number of aryl methyl sites for hydroxylation is 1.